The van der Waals surface area contributed by atoms with E-state index in [0.29, 0.717) is 4.90 Å². The van der Waals surface area contributed by atoms with Gasteiger partial charge in [-0.05, 0) is 39.3 Å². The van der Waals surface area contributed by atoms with Crippen LogP contribution in [0.4, 0.5) is 0 Å². The van der Waals surface area contributed by atoms with Crippen LogP contribution < -0.4 is 10.0 Å². The Morgan fingerprint density at radius 2 is 2.17 bits per heavy atom. The molecular formula is C11H19ClN2O2S2. The Labute approximate surface area is 119 Å². The van der Waals surface area contributed by atoms with E-state index in [-0.39, 0.29) is 18.4 Å². The van der Waals surface area contributed by atoms with Crippen LogP contribution in [0, 0.1) is 13.8 Å². The highest BCUT2D eigenvalue weighted by atomic mass is 35.5. The number of sulfonamides is 1. The summed E-state index contributed by atoms with van der Waals surface area (Å²) in [4.78, 5) is 2.33. The lowest BCUT2D eigenvalue weighted by Crippen LogP contribution is -2.45. The standard InChI is InChI=1S/C11H18N2O2S2.ClH/c1-8-6-11(9(2)16-8)17(14,15)13-10-4-3-5-12-7-10;/h6,10,12-13H,3-5,7H2,1-2H3;1H/t10-;/m0./s1. The minimum Gasteiger partial charge on any atom is -0.315 e. The van der Waals surface area contributed by atoms with Crippen molar-refractivity contribution in [3.05, 3.63) is 15.8 Å². The van der Waals surface area contributed by atoms with Gasteiger partial charge in [0.15, 0.2) is 0 Å². The number of thiophene rings is 1. The van der Waals surface area contributed by atoms with Gasteiger partial charge >= 0.3 is 0 Å². The third kappa shape index (κ3) is 3.68. The van der Waals surface area contributed by atoms with Gasteiger partial charge in [0.1, 0.15) is 0 Å². The number of hydrogen-bond donors (Lipinski definition) is 2. The molecule has 2 N–H and O–H groups in total. The SMILES string of the molecule is Cc1cc(S(=O)(=O)N[C@H]2CCCNC2)c(C)s1.Cl. The van der Waals surface area contributed by atoms with Crippen molar-refractivity contribution in [2.45, 2.75) is 37.6 Å². The normalized spacial score (nSPS) is 20.4. The summed E-state index contributed by atoms with van der Waals surface area (Å²) < 4.78 is 27.2. The molecule has 1 aromatic rings. The quantitative estimate of drug-likeness (QED) is 0.895. The van der Waals surface area contributed by atoms with Gasteiger partial charge in [-0.1, -0.05) is 0 Å². The van der Waals surface area contributed by atoms with E-state index in [2.05, 4.69) is 10.0 Å². The lowest BCUT2D eigenvalue weighted by atomic mass is 10.1. The number of piperidine rings is 1. The molecule has 4 nitrogen and oxygen atoms in total. The monoisotopic (exact) mass is 310 g/mol. The molecule has 0 saturated carbocycles. The van der Waals surface area contributed by atoms with Gasteiger partial charge < -0.3 is 5.32 Å². The summed E-state index contributed by atoms with van der Waals surface area (Å²) in [7, 11) is -3.35. The Morgan fingerprint density at radius 3 is 2.67 bits per heavy atom. The minimum atomic E-state index is -3.35. The molecule has 2 rings (SSSR count). The van der Waals surface area contributed by atoms with Crippen molar-refractivity contribution in [1.29, 1.82) is 0 Å². The maximum Gasteiger partial charge on any atom is 0.241 e. The number of aryl methyl sites for hydroxylation is 2. The molecule has 0 unspecified atom stereocenters. The van der Waals surface area contributed by atoms with E-state index < -0.39 is 10.0 Å². The predicted octanol–water partition coefficient (Wildman–Crippen LogP) is 1.82. The summed E-state index contributed by atoms with van der Waals surface area (Å²) in [5, 5.41) is 3.20. The van der Waals surface area contributed by atoms with Gasteiger partial charge in [-0.25, -0.2) is 13.1 Å². The molecule has 2 heterocycles. The summed E-state index contributed by atoms with van der Waals surface area (Å²) in [6.07, 6.45) is 1.93. The minimum absolute atomic E-state index is 0. The van der Waals surface area contributed by atoms with Crippen LogP contribution in [0.25, 0.3) is 0 Å². The Kier molecular flexibility index (Phi) is 5.61. The molecule has 0 spiro atoms. The Bertz CT molecular complexity index is 493. The fraction of sp³-hybridized carbons (Fsp3) is 0.636. The van der Waals surface area contributed by atoms with E-state index in [4.69, 9.17) is 0 Å². The first kappa shape index (κ1) is 15.9. The third-order valence-corrected chi connectivity index (χ3v) is 5.65. The van der Waals surface area contributed by atoms with E-state index in [9.17, 15) is 8.42 Å². The molecule has 0 amide bonds. The fourth-order valence-corrected chi connectivity index (χ4v) is 4.93. The molecule has 1 aromatic heterocycles. The summed E-state index contributed by atoms with van der Waals surface area (Å²) in [6, 6.07) is 1.77. The molecule has 7 heteroatoms. The second kappa shape index (κ2) is 6.34. The van der Waals surface area contributed by atoms with Crippen LogP contribution in [0.1, 0.15) is 22.6 Å². The molecule has 18 heavy (non-hydrogen) atoms. The second-order valence-electron chi connectivity index (χ2n) is 4.44. The van der Waals surface area contributed by atoms with Crippen molar-refractivity contribution < 1.29 is 8.42 Å². The third-order valence-electron chi connectivity index (χ3n) is 2.90. The molecule has 1 saturated heterocycles. The van der Waals surface area contributed by atoms with Gasteiger partial charge in [-0.15, -0.1) is 23.7 Å². The highest BCUT2D eigenvalue weighted by Gasteiger charge is 2.24. The van der Waals surface area contributed by atoms with E-state index >= 15 is 0 Å². The van der Waals surface area contributed by atoms with E-state index in [0.717, 1.165) is 35.7 Å². The molecule has 0 aromatic carbocycles. The molecular weight excluding hydrogens is 292 g/mol. The molecule has 1 fully saturated rings. The first-order valence-electron chi connectivity index (χ1n) is 5.79. The fourth-order valence-electron chi connectivity index (χ4n) is 2.11. The van der Waals surface area contributed by atoms with Crippen LogP contribution >= 0.6 is 23.7 Å². The van der Waals surface area contributed by atoms with E-state index in [1.54, 1.807) is 6.07 Å². The number of halogens is 1. The molecule has 0 radical (unpaired) electrons. The van der Waals surface area contributed by atoms with E-state index in [1.165, 1.54) is 11.3 Å². The van der Waals surface area contributed by atoms with Gasteiger partial charge in [-0.2, -0.15) is 0 Å². The van der Waals surface area contributed by atoms with Crippen molar-refractivity contribution in [1.82, 2.24) is 10.0 Å². The molecule has 1 aliphatic heterocycles. The maximum atomic E-state index is 12.2. The van der Waals surface area contributed by atoms with Crippen LogP contribution in [0.5, 0.6) is 0 Å². The number of nitrogens with one attached hydrogen (secondary N) is 2. The summed E-state index contributed by atoms with van der Waals surface area (Å²) in [6.45, 7) is 5.49. The van der Waals surface area contributed by atoms with E-state index in [1.807, 2.05) is 13.8 Å². The Morgan fingerprint density at radius 1 is 1.44 bits per heavy atom. The summed E-state index contributed by atoms with van der Waals surface area (Å²) >= 11 is 1.52. The number of hydrogen-bond acceptors (Lipinski definition) is 4. The van der Waals surface area contributed by atoms with Crippen molar-refractivity contribution in [3.63, 3.8) is 0 Å². The molecule has 0 aliphatic carbocycles. The second-order valence-corrected chi connectivity index (χ2v) is 7.58. The zero-order chi connectivity index (χ0) is 12.5. The molecule has 1 aliphatic rings. The highest BCUT2D eigenvalue weighted by molar-refractivity contribution is 7.89. The largest absolute Gasteiger partial charge is 0.315 e. The Balaban J connectivity index is 0.00000162. The van der Waals surface area contributed by atoms with Gasteiger partial charge in [0.05, 0.1) is 4.90 Å². The van der Waals surface area contributed by atoms with Gasteiger partial charge in [0.25, 0.3) is 0 Å². The van der Waals surface area contributed by atoms with Crippen LogP contribution in [-0.2, 0) is 10.0 Å². The zero-order valence-corrected chi connectivity index (χ0v) is 13.0. The van der Waals surface area contributed by atoms with Gasteiger partial charge in [0, 0.05) is 22.3 Å². The summed E-state index contributed by atoms with van der Waals surface area (Å²) in [5.74, 6) is 0. The van der Waals surface area contributed by atoms with Crippen LogP contribution in [0.3, 0.4) is 0 Å². The van der Waals surface area contributed by atoms with Crippen molar-refractivity contribution in [2.75, 3.05) is 13.1 Å². The molecule has 1 atom stereocenters. The van der Waals surface area contributed by atoms with Crippen molar-refractivity contribution in [2.24, 2.45) is 0 Å². The average Bonchev–Trinajstić information content (AvgIpc) is 2.59. The van der Waals surface area contributed by atoms with Gasteiger partial charge in [0.2, 0.25) is 10.0 Å². The molecule has 0 bridgehead atoms. The highest BCUT2D eigenvalue weighted by Crippen LogP contribution is 2.25. The maximum absolute atomic E-state index is 12.2. The van der Waals surface area contributed by atoms with Crippen LogP contribution in [-0.4, -0.2) is 27.5 Å². The van der Waals surface area contributed by atoms with Crippen molar-refractivity contribution in [3.8, 4) is 0 Å². The first-order valence-corrected chi connectivity index (χ1v) is 8.09. The molecule has 104 valence electrons. The summed E-state index contributed by atoms with van der Waals surface area (Å²) in [5.41, 5.74) is 0. The zero-order valence-electron chi connectivity index (χ0n) is 10.5. The Hall–Kier alpha value is -0.140. The van der Waals surface area contributed by atoms with Crippen LogP contribution in [0.2, 0.25) is 0 Å². The number of rotatable bonds is 3. The lowest BCUT2D eigenvalue weighted by molar-refractivity contribution is 0.428. The predicted molar refractivity (Wildman–Crippen MR) is 77.3 cm³/mol. The van der Waals surface area contributed by atoms with Gasteiger partial charge in [-0.3, -0.25) is 0 Å². The smallest absolute Gasteiger partial charge is 0.241 e. The first-order chi connectivity index (χ1) is 7.99. The van der Waals surface area contributed by atoms with Crippen LogP contribution in [0.15, 0.2) is 11.0 Å². The average molecular weight is 311 g/mol. The topological polar surface area (TPSA) is 58.2 Å². The van der Waals surface area contributed by atoms with Crippen molar-refractivity contribution >= 4 is 33.8 Å². The lowest BCUT2D eigenvalue weighted by Gasteiger charge is -2.23.